The van der Waals surface area contributed by atoms with Crippen molar-refractivity contribution in [1.82, 2.24) is 18.9 Å². The molecule has 0 spiro atoms. The van der Waals surface area contributed by atoms with Crippen molar-refractivity contribution < 1.29 is 27.5 Å². The minimum Gasteiger partial charge on any atom is -0.465 e. The number of nitrogens with zero attached hydrogens (tertiary/aromatic N) is 4. The van der Waals surface area contributed by atoms with E-state index in [1.165, 1.54) is 36.7 Å². The lowest BCUT2D eigenvalue weighted by Crippen LogP contribution is -2.38. The minimum absolute atomic E-state index is 0.0428. The highest BCUT2D eigenvalue weighted by Gasteiger charge is 2.33. The molecule has 1 fully saturated rings. The molecule has 1 aromatic carbocycles. The SMILES string of the molecule is COC(=O)c1cc(C(=O)OC)cc(S(=O)(=O)N2CCC(c3nnc4ccccn34)CC2)c1. The topological polar surface area (TPSA) is 120 Å². The maximum atomic E-state index is 13.3. The zero-order valence-corrected chi connectivity index (χ0v) is 18.4. The van der Waals surface area contributed by atoms with E-state index < -0.39 is 22.0 Å². The molecule has 3 heterocycles. The molecule has 0 saturated carbocycles. The van der Waals surface area contributed by atoms with Crippen molar-refractivity contribution in [2.45, 2.75) is 23.7 Å². The average Bonchev–Trinajstić information content (AvgIpc) is 3.27. The first-order valence-corrected chi connectivity index (χ1v) is 11.4. The van der Waals surface area contributed by atoms with Gasteiger partial charge in [-0.2, -0.15) is 4.31 Å². The molecule has 0 atom stereocenters. The molecule has 4 rings (SSSR count). The van der Waals surface area contributed by atoms with Crippen LogP contribution < -0.4 is 0 Å². The molecule has 0 radical (unpaired) electrons. The summed E-state index contributed by atoms with van der Waals surface area (Å²) in [6.07, 6.45) is 3.02. The van der Waals surface area contributed by atoms with Crippen LogP contribution in [0.4, 0.5) is 0 Å². The molecule has 11 heteroatoms. The molecule has 168 valence electrons. The summed E-state index contributed by atoms with van der Waals surface area (Å²) in [6.45, 7) is 0.537. The van der Waals surface area contributed by atoms with Gasteiger partial charge in [-0.1, -0.05) is 6.07 Å². The largest absolute Gasteiger partial charge is 0.465 e. The van der Waals surface area contributed by atoms with Crippen molar-refractivity contribution in [2.75, 3.05) is 27.3 Å². The van der Waals surface area contributed by atoms with E-state index in [2.05, 4.69) is 10.2 Å². The van der Waals surface area contributed by atoms with Crippen molar-refractivity contribution in [2.24, 2.45) is 0 Å². The third-order valence-corrected chi connectivity index (χ3v) is 7.42. The Bertz CT molecular complexity index is 1240. The minimum atomic E-state index is -3.95. The zero-order valence-electron chi connectivity index (χ0n) is 17.6. The second-order valence-corrected chi connectivity index (χ2v) is 9.33. The van der Waals surface area contributed by atoms with Gasteiger partial charge in [0.25, 0.3) is 0 Å². The maximum absolute atomic E-state index is 13.3. The van der Waals surface area contributed by atoms with Crippen LogP contribution in [0.5, 0.6) is 0 Å². The third kappa shape index (κ3) is 3.96. The van der Waals surface area contributed by atoms with Gasteiger partial charge in [0.2, 0.25) is 10.0 Å². The van der Waals surface area contributed by atoms with E-state index in [0.717, 1.165) is 11.5 Å². The van der Waals surface area contributed by atoms with Gasteiger partial charge in [0.05, 0.1) is 30.2 Å². The number of ether oxygens (including phenoxy) is 2. The highest BCUT2D eigenvalue weighted by Crippen LogP contribution is 2.30. The highest BCUT2D eigenvalue weighted by molar-refractivity contribution is 7.89. The highest BCUT2D eigenvalue weighted by atomic mass is 32.2. The number of carbonyl (C=O) groups is 2. The number of carbonyl (C=O) groups excluding carboxylic acids is 2. The summed E-state index contributed by atoms with van der Waals surface area (Å²) in [5, 5.41) is 8.46. The molecule has 0 bridgehead atoms. The zero-order chi connectivity index (χ0) is 22.9. The number of benzene rings is 1. The van der Waals surface area contributed by atoms with Crippen LogP contribution in [-0.4, -0.2) is 66.6 Å². The number of rotatable bonds is 5. The normalized spacial score (nSPS) is 15.6. The lowest BCUT2D eigenvalue weighted by Gasteiger charge is -2.30. The van der Waals surface area contributed by atoms with Gasteiger partial charge in [0.1, 0.15) is 5.82 Å². The molecule has 1 aliphatic heterocycles. The predicted molar refractivity (Wildman–Crippen MR) is 113 cm³/mol. The molecule has 1 saturated heterocycles. The Balaban J connectivity index is 1.59. The summed E-state index contributed by atoms with van der Waals surface area (Å²) in [4.78, 5) is 23.9. The van der Waals surface area contributed by atoms with Gasteiger partial charge in [-0.05, 0) is 43.2 Å². The smallest absolute Gasteiger partial charge is 0.337 e. The first-order chi connectivity index (χ1) is 15.3. The van der Waals surface area contributed by atoms with Gasteiger partial charge in [-0.3, -0.25) is 4.40 Å². The number of hydrogen-bond acceptors (Lipinski definition) is 8. The van der Waals surface area contributed by atoms with Crippen molar-refractivity contribution in [1.29, 1.82) is 0 Å². The average molecular weight is 458 g/mol. The number of fused-ring (bicyclic) bond motifs is 1. The summed E-state index contributed by atoms with van der Waals surface area (Å²) in [7, 11) is -1.59. The van der Waals surface area contributed by atoms with Gasteiger partial charge < -0.3 is 9.47 Å². The molecule has 32 heavy (non-hydrogen) atoms. The lowest BCUT2D eigenvalue weighted by molar-refractivity contribution is 0.0598. The van der Waals surface area contributed by atoms with Gasteiger partial charge in [-0.15, -0.1) is 10.2 Å². The fourth-order valence-corrected chi connectivity index (χ4v) is 5.40. The standard InChI is InChI=1S/C21H22N4O6S/c1-30-20(26)15-11-16(21(27)31-2)13-17(12-15)32(28,29)24-9-6-14(7-10-24)19-23-22-18-5-3-4-8-25(18)19/h3-5,8,11-14H,6-7,9-10H2,1-2H3. The van der Waals surface area contributed by atoms with Gasteiger partial charge in [0, 0.05) is 25.2 Å². The van der Waals surface area contributed by atoms with Crippen molar-refractivity contribution in [3.63, 3.8) is 0 Å². The summed E-state index contributed by atoms with van der Waals surface area (Å²) >= 11 is 0. The van der Waals surface area contributed by atoms with E-state index in [-0.39, 0.29) is 35.0 Å². The lowest BCUT2D eigenvalue weighted by atomic mass is 9.97. The van der Waals surface area contributed by atoms with Crippen LogP contribution in [0.15, 0.2) is 47.5 Å². The molecule has 10 nitrogen and oxygen atoms in total. The van der Waals surface area contributed by atoms with Crippen LogP contribution in [0.25, 0.3) is 5.65 Å². The van der Waals surface area contributed by atoms with Crippen LogP contribution in [0.3, 0.4) is 0 Å². The Morgan fingerprint density at radius 3 is 2.19 bits per heavy atom. The first kappa shape index (κ1) is 21.9. The predicted octanol–water partition coefficient (Wildman–Crippen LogP) is 1.87. The van der Waals surface area contributed by atoms with Crippen molar-refractivity contribution >= 4 is 27.6 Å². The van der Waals surface area contributed by atoms with Crippen LogP contribution in [0.2, 0.25) is 0 Å². The van der Waals surface area contributed by atoms with Crippen LogP contribution in [-0.2, 0) is 19.5 Å². The van der Waals surface area contributed by atoms with Crippen LogP contribution in [0.1, 0.15) is 45.3 Å². The number of methoxy groups -OCH3 is 2. The van der Waals surface area contributed by atoms with E-state index in [9.17, 15) is 18.0 Å². The molecule has 0 N–H and O–H groups in total. The number of aromatic nitrogens is 3. The summed E-state index contributed by atoms with van der Waals surface area (Å²) in [6, 6.07) is 9.32. The maximum Gasteiger partial charge on any atom is 0.337 e. The molecule has 0 aliphatic carbocycles. The van der Waals surface area contributed by atoms with Gasteiger partial charge >= 0.3 is 11.9 Å². The third-order valence-electron chi connectivity index (χ3n) is 5.55. The van der Waals surface area contributed by atoms with E-state index >= 15 is 0 Å². The Labute approximate surface area is 184 Å². The summed E-state index contributed by atoms with van der Waals surface area (Å²) in [5.74, 6) is -0.626. The Morgan fingerprint density at radius 1 is 0.969 bits per heavy atom. The van der Waals surface area contributed by atoms with Crippen LogP contribution in [0, 0.1) is 0 Å². The number of hydrogen-bond donors (Lipinski definition) is 0. The summed E-state index contributed by atoms with van der Waals surface area (Å²) < 4.78 is 39.3. The number of esters is 2. The quantitative estimate of drug-likeness (QED) is 0.532. The van der Waals surface area contributed by atoms with Crippen molar-refractivity contribution in [3.05, 3.63) is 59.5 Å². The number of piperidine rings is 1. The molecule has 3 aromatic rings. The molecule has 0 unspecified atom stereocenters. The van der Waals surface area contributed by atoms with E-state index in [1.54, 1.807) is 0 Å². The summed E-state index contributed by atoms with van der Waals surface area (Å²) in [5.41, 5.74) is 0.657. The van der Waals surface area contributed by atoms with E-state index in [0.29, 0.717) is 12.8 Å². The van der Waals surface area contributed by atoms with Crippen molar-refractivity contribution in [3.8, 4) is 0 Å². The van der Waals surface area contributed by atoms with E-state index in [1.807, 2.05) is 28.8 Å². The Hall–Kier alpha value is -3.31. The number of sulfonamides is 1. The fourth-order valence-electron chi connectivity index (χ4n) is 3.86. The second-order valence-electron chi connectivity index (χ2n) is 7.39. The second kappa shape index (κ2) is 8.67. The fraction of sp³-hybridized carbons (Fsp3) is 0.333. The van der Waals surface area contributed by atoms with Crippen LogP contribution >= 0.6 is 0 Å². The van der Waals surface area contributed by atoms with Gasteiger partial charge in [-0.25, -0.2) is 18.0 Å². The molecule has 2 aromatic heterocycles. The molecule has 0 amide bonds. The molecular formula is C21H22N4O6S. The first-order valence-electron chi connectivity index (χ1n) is 9.96. The Morgan fingerprint density at radius 2 is 1.59 bits per heavy atom. The Kier molecular flexibility index (Phi) is 5.94. The monoisotopic (exact) mass is 458 g/mol. The van der Waals surface area contributed by atoms with E-state index in [4.69, 9.17) is 9.47 Å². The van der Waals surface area contributed by atoms with Gasteiger partial charge in [0.15, 0.2) is 5.65 Å². The molecular weight excluding hydrogens is 436 g/mol. The number of pyridine rings is 1. The molecule has 1 aliphatic rings.